The van der Waals surface area contributed by atoms with Gasteiger partial charge in [-0.3, -0.25) is 28.9 Å². The van der Waals surface area contributed by atoms with E-state index in [2.05, 4.69) is 93.2 Å². The average molecular weight is 1130 g/mol. The Balaban J connectivity index is 0.878. The second kappa shape index (κ2) is 21.8. The number of para-hydroxylation sites is 2. The van der Waals surface area contributed by atoms with Gasteiger partial charge in [0.15, 0.2) is 5.60 Å². The number of aliphatic hydroxyl groups is 1. The van der Waals surface area contributed by atoms with Crippen molar-refractivity contribution in [2.24, 2.45) is 5.92 Å². The highest BCUT2D eigenvalue weighted by Gasteiger charge is 2.67. The van der Waals surface area contributed by atoms with E-state index in [1.165, 1.54) is 5.19 Å². The second-order valence-electron chi connectivity index (χ2n) is 24.1. The number of anilines is 5. The van der Waals surface area contributed by atoms with Crippen molar-refractivity contribution in [2.45, 2.75) is 99.5 Å². The summed E-state index contributed by atoms with van der Waals surface area (Å²) in [7, 11) is -0.906. The Morgan fingerprint density at radius 1 is 0.687 bits per heavy atom. The molecule has 6 aliphatic heterocycles. The molecule has 6 aliphatic rings. The van der Waals surface area contributed by atoms with Crippen molar-refractivity contribution in [1.82, 2.24) is 25.6 Å². The van der Waals surface area contributed by atoms with E-state index in [9.17, 15) is 9.90 Å². The molecule has 3 amide bonds. The number of rotatable bonds is 15. The van der Waals surface area contributed by atoms with Gasteiger partial charge in [0.25, 0.3) is 17.7 Å². The smallest absolute Gasteiger partial charge is 0.264 e. The van der Waals surface area contributed by atoms with E-state index in [4.69, 9.17) is 9.47 Å². The van der Waals surface area contributed by atoms with Crippen LogP contribution in [-0.4, -0.2) is 116 Å². The molecule has 7 heterocycles. The summed E-state index contributed by atoms with van der Waals surface area (Å²) in [6.45, 7) is 11.4. The topological polar surface area (TPSA) is 161 Å². The molecule has 16 nitrogen and oxygen atoms in total. The maximum atomic E-state index is 16.4. The van der Waals surface area contributed by atoms with Gasteiger partial charge in [0, 0.05) is 47.0 Å². The summed E-state index contributed by atoms with van der Waals surface area (Å²) in [4.78, 5) is 56.7. The van der Waals surface area contributed by atoms with E-state index in [0.29, 0.717) is 57.7 Å². The van der Waals surface area contributed by atoms with Crippen LogP contribution in [0.4, 0.5) is 28.4 Å². The zero-order valence-electron chi connectivity index (χ0n) is 47.9. The molecule has 13 rings (SSSR count). The predicted octanol–water partition coefficient (Wildman–Crippen LogP) is 8.13. The summed E-state index contributed by atoms with van der Waals surface area (Å²) >= 11 is 0. The number of aryl methyl sites for hydroxylation is 1. The van der Waals surface area contributed by atoms with E-state index in [1.807, 2.05) is 141 Å². The number of hydrogen-bond donors (Lipinski definition) is 3. The molecule has 3 N–H and O–H groups in total. The van der Waals surface area contributed by atoms with E-state index in [-0.39, 0.29) is 48.3 Å². The van der Waals surface area contributed by atoms with E-state index in [1.54, 1.807) is 7.11 Å². The van der Waals surface area contributed by atoms with E-state index < -0.39 is 30.9 Å². The molecule has 0 radical (unpaired) electrons. The molecular weight excluding hydrogens is 1060 g/mol. The van der Waals surface area contributed by atoms with Crippen molar-refractivity contribution in [3.05, 3.63) is 186 Å². The Morgan fingerprint density at radius 3 is 1.81 bits per heavy atom. The Labute approximate surface area is 487 Å². The minimum atomic E-state index is -2.59. The Morgan fingerprint density at radius 2 is 1.24 bits per heavy atom. The van der Waals surface area contributed by atoms with E-state index in [0.717, 1.165) is 77.1 Å². The number of methoxy groups -OCH3 is 1. The highest BCUT2D eigenvalue weighted by molar-refractivity contribution is 6.91. The number of carbonyl (C=O) groups excluding carboxylic acids is 3. The van der Waals surface area contributed by atoms with Gasteiger partial charge in [0.05, 0.1) is 65.1 Å². The molecule has 0 bridgehead atoms. The molecular formula is C66H74N10O6Si. The van der Waals surface area contributed by atoms with Gasteiger partial charge in [0.1, 0.15) is 16.8 Å². The zero-order valence-corrected chi connectivity index (χ0v) is 48.9. The molecule has 5 atom stereocenters. The van der Waals surface area contributed by atoms with Crippen molar-refractivity contribution in [3.8, 4) is 5.75 Å². The zero-order chi connectivity index (χ0) is 57.1. The van der Waals surface area contributed by atoms with Gasteiger partial charge in [-0.15, -0.1) is 5.10 Å². The third-order valence-electron chi connectivity index (χ3n) is 19.5. The normalized spacial score (nSPS) is 23.3. The molecule has 5 saturated heterocycles. The number of benzene rings is 6. The third-order valence-corrected chi connectivity index (χ3v) is 23.9. The highest BCUT2D eigenvalue weighted by Crippen LogP contribution is 2.61. The lowest BCUT2D eigenvalue weighted by Crippen LogP contribution is -2.55. The molecule has 1 unspecified atom stereocenters. The fourth-order valence-corrected chi connectivity index (χ4v) is 19.2. The van der Waals surface area contributed by atoms with Crippen LogP contribution in [0, 0.1) is 5.92 Å². The predicted molar refractivity (Wildman–Crippen MR) is 326 cm³/mol. The largest absolute Gasteiger partial charge is 0.497 e. The Hall–Kier alpha value is -7.67. The Bertz CT molecular complexity index is 3490. The van der Waals surface area contributed by atoms with Gasteiger partial charge >= 0.3 is 0 Å². The monoisotopic (exact) mass is 1130 g/mol. The minimum Gasteiger partial charge on any atom is -0.497 e. The van der Waals surface area contributed by atoms with Gasteiger partial charge in [-0.05, 0) is 142 Å². The number of aromatic nitrogens is 3. The number of amides is 3. The first-order valence-corrected chi connectivity index (χ1v) is 32.6. The number of nitrogens with zero attached hydrogens (tertiary/aromatic N) is 8. The minimum absolute atomic E-state index is 0.0552. The van der Waals surface area contributed by atoms with Gasteiger partial charge in [-0.25, -0.2) is 0 Å². The van der Waals surface area contributed by atoms with Crippen molar-refractivity contribution in [3.63, 3.8) is 0 Å². The van der Waals surface area contributed by atoms with Crippen LogP contribution in [0.3, 0.4) is 0 Å². The molecule has 0 saturated carbocycles. The van der Waals surface area contributed by atoms with Crippen LogP contribution in [0.5, 0.6) is 5.75 Å². The summed E-state index contributed by atoms with van der Waals surface area (Å²) in [5, 5.41) is 28.0. The summed E-state index contributed by atoms with van der Waals surface area (Å²) in [6, 6.07) is 53.0. The number of ether oxygens (including phenoxy) is 2. The summed E-state index contributed by atoms with van der Waals surface area (Å²) in [6.07, 6.45) is 4.82. The summed E-state index contributed by atoms with van der Waals surface area (Å²) in [5.74, 6) is 0.141. The molecule has 7 aromatic rings. The van der Waals surface area contributed by atoms with Gasteiger partial charge in [-0.2, -0.15) is 0 Å². The quantitative estimate of drug-likeness (QED) is 0.0848. The maximum Gasteiger partial charge on any atom is 0.264 e. The number of piperidine rings is 2. The lowest BCUT2D eigenvalue weighted by molar-refractivity contribution is -0.146. The molecule has 17 heteroatoms. The third kappa shape index (κ3) is 9.13. The molecule has 83 heavy (non-hydrogen) atoms. The summed E-state index contributed by atoms with van der Waals surface area (Å²) in [5.41, 5.74) is 4.74. The number of aliphatic hydroxyl groups excluding tert-OH is 1. The first kappa shape index (κ1) is 54.6. The molecule has 428 valence electrons. The molecule has 6 aromatic carbocycles. The molecule has 3 spiro atoms. The van der Waals surface area contributed by atoms with Gasteiger partial charge in [-0.1, -0.05) is 121 Å². The van der Waals surface area contributed by atoms with Crippen LogP contribution >= 0.6 is 0 Å². The van der Waals surface area contributed by atoms with Gasteiger partial charge < -0.3 is 39.9 Å². The lowest BCUT2D eigenvalue weighted by atomic mass is 9.82. The first-order chi connectivity index (χ1) is 40.4. The first-order valence-electron chi connectivity index (χ1n) is 29.5. The van der Waals surface area contributed by atoms with E-state index >= 15 is 9.59 Å². The average Bonchev–Trinajstić information content (AvgIpc) is 1.84. The van der Waals surface area contributed by atoms with Crippen molar-refractivity contribution in [1.29, 1.82) is 0 Å². The lowest BCUT2D eigenvalue weighted by Gasteiger charge is -2.39. The van der Waals surface area contributed by atoms with Crippen LogP contribution < -0.4 is 45.1 Å². The van der Waals surface area contributed by atoms with Crippen molar-refractivity contribution < 1.29 is 29.0 Å². The number of carbonyl (C=O) groups is 3. The summed E-state index contributed by atoms with van der Waals surface area (Å²) < 4.78 is 15.2. The Kier molecular flexibility index (Phi) is 14.3. The second-order valence-corrected chi connectivity index (χ2v) is 28.8. The highest BCUT2D eigenvalue weighted by atomic mass is 28.3. The van der Waals surface area contributed by atoms with Crippen LogP contribution in [0.2, 0.25) is 18.6 Å². The van der Waals surface area contributed by atoms with Crippen LogP contribution in [0.1, 0.15) is 67.3 Å². The van der Waals surface area contributed by atoms with Crippen LogP contribution in [-0.2, 0) is 37.8 Å². The molecule has 5 fully saturated rings. The van der Waals surface area contributed by atoms with Crippen molar-refractivity contribution in [2.75, 3.05) is 77.7 Å². The standard InChI is InChI=1S/C66H74N10O6Si/c1-46-60(83(3,4)54-27-25-53(81-2)26-28-54)59(30-39-71-42-57(69-70-71)55(43-77)48-14-8-5-9-15-48)82-66(46)56-40-52(74-45-76(51-18-12-7-13-19-51)65(62(74)79)33-37-68-38-34-65)24-29-58(56)72(63(66)80)41-47-20-22-49(23-21-47)73-44-75(50-16-10-6-11-17-50)64(61(73)78)31-35-67-36-32-64/h5-29,40,42,46,55,59-60,67-68,77H,30-39,41,43-45H2,1-4H3/t46-,55?,59+,60-,66+/m1/s1. The fraction of sp³-hybridized carbons (Fsp3) is 0.379. The SMILES string of the molecule is COc1ccc([Si](C)(C)[C@H]2[C@H](CCn3cc(C(CO)c4ccccc4)nn3)O[C@@]3(C(=O)N(Cc4ccc(N5CN(c6ccccc6)C6(CCNCC6)C5=O)cc4)c4ccc(N5CN(c6ccccc6)C6(CCNCC6)C5=O)cc43)[C@@H]2C)cc1. The fourth-order valence-electron chi connectivity index (χ4n) is 15.1. The van der Waals surface area contributed by atoms with Crippen LogP contribution in [0.25, 0.3) is 0 Å². The molecule has 1 aromatic heterocycles. The van der Waals surface area contributed by atoms with Crippen LogP contribution in [0.15, 0.2) is 164 Å². The number of fused-ring (bicyclic) bond motifs is 2. The number of hydrogen-bond acceptors (Lipinski definition) is 12. The number of nitrogens with one attached hydrogen (secondary N) is 2. The maximum absolute atomic E-state index is 16.4. The van der Waals surface area contributed by atoms with Crippen molar-refractivity contribution >= 4 is 59.4 Å². The van der Waals surface area contributed by atoms with Gasteiger partial charge in [0.2, 0.25) is 0 Å². The molecule has 0 aliphatic carbocycles.